The van der Waals surface area contributed by atoms with Crippen LogP contribution in [0.4, 0.5) is 0 Å². The molecule has 5 heteroatoms. The molecule has 0 bridgehead atoms. The molecule has 2 aliphatic rings. The first-order valence-corrected chi connectivity index (χ1v) is 9.44. The molecule has 1 heterocycles. The van der Waals surface area contributed by atoms with Gasteiger partial charge in [0.1, 0.15) is 38.3 Å². The van der Waals surface area contributed by atoms with Gasteiger partial charge in [0.25, 0.3) is 5.91 Å². The Morgan fingerprint density at radius 2 is 1.88 bits per heavy atom. The number of aryl methyl sites for hydroxylation is 1. The van der Waals surface area contributed by atoms with Crippen LogP contribution in [0.25, 0.3) is 0 Å². The van der Waals surface area contributed by atoms with E-state index in [-0.39, 0.29) is 5.91 Å². The van der Waals surface area contributed by atoms with E-state index in [4.69, 9.17) is 0 Å². The van der Waals surface area contributed by atoms with Gasteiger partial charge in [0, 0.05) is 5.56 Å². The Balaban J connectivity index is 1.44. The quantitative estimate of drug-likeness (QED) is 0.627. The van der Waals surface area contributed by atoms with Crippen LogP contribution in [-0.4, -0.2) is 44.2 Å². The molecule has 134 valence electrons. The molecule has 1 aliphatic carbocycles. The molecule has 1 amide bonds. The van der Waals surface area contributed by atoms with E-state index in [0.29, 0.717) is 12.5 Å². The predicted molar refractivity (Wildman–Crippen MR) is 96.0 cm³/mol. The van der Waals surface area contributed by atoms with E-state index in [0.717, 1.165) is 45.6 Å². The Kier molecular flexibility index (Phi) is 5.41. The first kappa shape index (κ1) is 17.9. The minimum Gasteiger partial charge on any atom is -0.333 e. The number of hydrogen-bond donors (Lipinski definition) is 3. The van der Waals surface area contributed by atoms with Gasteiger partial charge in [-0.3, -0.25) is 4.79 Å². The number of benzene rings is 1. The van der Waals surface area contributed by atoms with E-state index in [1.54, 1.807) is 4.90 Å². The van der Waals surface area contributed by atoms with Gasteiger partial charge in [-0.2, -0.15) is 5.26 Å². The summed E-state index contributed by atoms with van der Waals surface area (Å²) in [5.41, 5.74) is 2.11. The number of carbonyl (C=O) groups is 1. The smallest absolute Gasteiger partial charge is 0.276 e. The van der Waals surface area contributed by atoms with Crippen LogP contribution in [0, 0.1) is 24.2 Å². The molecule has 1 saturated heterocycles. The summed E-state index contributed by atoms with van der Waals surface area (Å²) in [5.74, 6) is 0.361. The van der Waals surface area contributed by atoms with Crippen molar-refractivity contribution >= 4 is 5.91 Å². The molecule has 1 atom stereocenters. The highest BCUT2D eigenvalue weighted by atomic mass is 16.2. The molecule has 3 rings (SSSR count). The summed E-state index contributed by atoms with van der Waals surface area (Å²) in [6.45, 7) is 9.81. The lowest BCUT2D eigenvalue weighted by Gasteiger charge is -2.30. The fourth-order valence-corrected chi connectivity index (χ4v) is 3.83. The predicted octanol–water partition coefficient (Wildman–Crippen LogP) is -0.913. The van der Waals surface area contributed by atoms with Gasteiger partial charge in [0.2, 0.25) is 0 Å². The van der Waals surface area contributed by atoms with Crippen molar-refractivity contribution < 1.29 is 14.6 Å². The third kappa shape index (κ3) is 4.59. The van der Waals surface area contributed by atoms with E-state index in [2.05, 4.69) is 42.6 Å². The highest BCUT2D eigenvalue weighted by Crippen LogP contribution is 2.39. The van der Waals surface area contributed by atoms with Gasteiger partial charge in [0.15, 0.2) is 6.54 Å². The molecule has 0 radical (unpaired) electrons. The van der Waals surface area contributed by atoms with Crippen molar-refractivity contribution in [1.29, 1.82) is 5.26 Å². The second kappa shape index (κ2) is 7.55. The van der Waals surface area contributed by atoms with E-state index in [9.17, 15) is 10.1 Å². The van der Waals surface area contributed by atoms with Gasteiger partial charge in [-0.05, 0) is 38.2 Å². The molecular weight excluding hydrogens is 312 g/mol. The van der Waals surface area contributed by atoms with Crippen LogP contribution in [0.2, 0.25) is 0 Å². The van der Waals surface area contributed by atoms with Crippen LogP contribution in [0.15, 0.2) is 24.3 Å². The normalized spacial score (nSPS) is 25.6. The lowest BCUT2D eigenvalue weighted by atomic mass is 9.98. The average molecular weight is 342 g/mol. The van der Waals surface area contributed by atoms with Crippen molar-refractivity contribution in [2.75, 3.05) is 32.7 Å². The van der Waals surface area contributed by atoms with Crippen molar-refractivity contribution in [3.8, 4) is 6.07 Å². The monoisotopic (exact) mass is 342 g/mol. The van der Waals surface area contributed by atoms with Crippen LogP contribution < -0.4 is 15.1 Å². The zero-order valence-corrected chi connectivity index (χ0v) is 15.4. The fraction of sp³-hybridized carbons (Fsp3) is 0.600. The third-order valence-electron chi connectivity index (χ3n) is 5.80. The Morgan fingerprint density at radius 1 is 1.24 bits per heavy atom. The standard InChI is InChI=1S/C20H28N4O/c1-16-5-3-4-6-17(16)13-23-9-11-24(12-10-23)14-19(25)22-20(2,15-21)18-7-8-18/h3-6,18H,7-14H2,1-2H3,(H,22,25)/p+2/t20-/m0/s1. The summed E-state index contributed by atoms with van der Waals surface area (Å²) in [7, 11) is 0. The largest absolute Gasteiger partial charge is 0.333 e. The summed E-state index contributed by atoms with van der Waals surface area (Å²) < 4.78 is 0. The maximum Gasteiger partial charge on any atom is 0.276 e. The number of nitriles is 1. The zero-order chi connectivity index (χ0) is 17.9. The molecule has 25 heavy (non-hydrogen) atoms. The highest BCUT2D eigenvalue weighted by Gasteiger charge is 2.43. The summed E-state index contributed by atoms with van der Waals surface area (Å²) in [4.78, 5) is 15.3. The number of carbonyl (C=O) groups excluding carboxylic acids is 1. The molecule has 2 fully saturated rings. The van der Waals surface area contributed by atoms with Crippen LogP contribution in [-0.2, 0) is 11.3 Å². The van der Waals surface area contributed by atoms with Gasteiger partial charge < -0.3 is 15.1 Å². The summed E-state index contributed by atoms with van der Waals surface area (Å²) >= 11 is 0. The lowest BCUT2D eigenvalue weighted by molar-refractivity contribution is -1.02. The fourth-order valence-electron chi connectivity index (χ4n) is 3.83. The molecule has 5 nitrogen and oxygen atoms in total. The number of piperazine rings is 1. The van der Waals surface area contributed by atoms with Gasteiger partial charge in [-0.15, -0.1) is 0 Å². The molecule has 0 aromatic heterocycles. The van der Waals surface area contributed by atoms with Gasteiger partial charge >= 0.3 is 0 Å². The average Bonchev–Trinajstić information content (AvgIpc) is 3.44. The Labute approximate surface area is 150 Å². The summed E-state index contributed by atoms with van der Waals surface area (Å²) in [6, 6.07) is 10.9. The molecule has 0 spiro atoms. The Hall–Kier alpha value is -1.90. The van der Waals surface area contributed by atoms with Gasteiger partial charge in [-0.25, -0.2) is 0 Å². The number of nitrogens with one attached hydrogen (secondary N) is 3. The van der Waals surface area contributed by atoms with E-state index >= 15 is 0 Å². The van der Waals surface area contributed by atoms with Crippen LogP contribution >= 0.6 is 0 Å². The highest BCUT2D eigenvalue weighted by molar-refractivity contribution is 5.78. The Morgan fingerprint density at radius 3 is 2.48 bits per heavy atom. The van der Waals surface area contributed by atoms with Crippen LogP contribution in [0.5, 0.6) is 0 Å². The number of nitrogens with zero attached hydrogens (tertiary/aromatic N) is 1. The van der Waals surface area contributed by atoms with E-state index in [1.165, 1.54) is 16.0 Å². The third-order valence-corrected chi connectivity index (χ3v) is 5.80. The van der Waals surface area contributed by atoms with Crippen LogP contribution in [0.1, 0.15) is 30.9 Å². The Bertz CT molecular complexity index is 656. The maximum atomic E-state index is 12.3. The van der Waals surface area contributed by atoms with Crippen molar-refractivity contribution in [2.45, 2.75) is 38.8 Å². The van der Waals surface area contributed by atoms with Crippen molar-refractivity contribution in [1.82, 2.24) is 5.32 Å². The molecule has 0 unspecified atom stereocenters. The first-order valence-electron chi connectivity index (χ1n) is 9.44. The molecule has 1 aromatic carbocycles. The van der Waals surface area contributed by atoms with E-state index in [1.807, 2.05) is 6.92 Å². The SMILES string of the molecule is Cc1ccccc1C[NH+]1CC[NH+](CC(=O)N[C@@](C)(C#N)C2CC2)CC1. The minimum atomic E-state index is -0.672. The summed E-state index contributed by atoms with van der Waals surface area (Å²) in [5, 5.41) is 12.4. The van der Waals surface area contributed by atoms with Crippen LogP contribution in [0.3, 0.4) is 0 Å². The molecule has 1 saturated carbocycles. The zero-order valence-electron chi connectivity index (χ0n) is 15.4. The van der Waals surface area contributed by atoms with Crippen molar-refractivity contribution in [2.24, 2.45) is 5.92 Å². The molecular formula is C20H30N4O+2. The number of quaternary nitrogens is 2. The lowest BCUT2D eigenvalue weighted by Crippen LogP contribution is -3.28. The first-order chi connectivity index (χ1) is 12.0. The second-order valence-corrected chi connectivity index (χ2v) is 7.92. The summed E-state index contributed by atoms with van der Waals surface area (Å²) in [6.07, 6.45) is 2.11. The topological polar surface area (TPSA) is 61.8 Å². The van der Waals surface area contributed by atoms with E-state index < -0.39 is 5.54 Å². The molecule has 1 aliphatic heterocycles. The maximum absolute atomic E-state index is 12.3. The second-order valence-electron chi connectivity index (χ2n) is 7.92. The molecule has 1 aromatic rings. The van der Waals surface area contributed by atoms with Crippen molar-refractivity contribution in [3.05, 3.63) is 35.4 Å². The minimum absolute atomic E-state index is 0.0216. The van der Waals surface area contributed by atoms with Gasteiger partial charge in [0.05, 0.1) is 6.07 Å². The number of amides is 1. The molecule has 3 N–H and O–H groups in total. The number of rotatable bonds is 6. The van der Waals surface area contributed by atoms with Gasteiger partial charge in [-0.1, -0.05) is 24.3 Å². The van der Waals surface area contributed by atoms with Crippen molar-refractivity contribution in [3.63, 3.8) is 0 Å². The number of hydrogen-bond acceptors (Lipinski definition) is 2.